The third kappa shape index (κ3) is 4.95. The van der Waals surface area contributed by atoms with Crippen LogP contribution in [0.25, 0.3) is 16.9 Å². The maximum Gasteiger partial charge on any atom is 0.255 e. The number of piperazine rings is 1. The lowest BCUT2D eigenvalue weighted by atomic mass is 10.1. The molecular weight excluding hydrogens is 514 g/mol. The summed E-state index contributed by atoms with van der Waals surface area (Å²) in [5.74, 6) is 2.37. The highest BCUT2D eigenvalue weighted by molar-refractivity contribution is 6.30. The van der Waals surface area contributed by atoms with Crippen LogP contribution in [-0.2, 0) is 6.54 Å². The number of benzene rings is 3. The van der Waals surface area contributed by atoms with E-state index in [0.717, 1.165) is 59.5 Å². The van der Waals surface area contributed by atoms with E-state index in [1.54, 1.807) is 7.11 Å². The van der Waals surface area contributed by atoms with Crippen LogP contribution in [0.4, 0.5) is 0 Å². The first-order valence-electron chi connectivity index (χ1n) is 13.0. The molecule has 1 aromatic heterocycles. The number of fused-ring (bicyclic) bond motifs is 1. The standard InChI is InChI=1S/C31H30ClN3O4/c1-21-25(18-27(23-8-10-24(32)11-9-23)35(21)26-5-3-4-6-28(26)37-2)31(36)34-15-13-33(14-16-34)19-22-7-12-29-30(17-22)39-20-38-29/h3-12,17-18H,13-16,19-20H2,1-2H3. The van der Waals surface area contributed by atoms with E-state index in [1.807, 2.05) is 78.6 Å². The molecule has 4 aromatic rings. The van der Waals surface area contributed by atoms with Crippen molar-refractivity contribution in [2.24, 2.45) is 0 Å². The van der Waals surface area contributed by atoms with Crippen LogP contribution in [0.5, 0.6) is 17.2 Å². The zero-order valence-electron chi connectivity index (χ0n) is 22.0. The zero-order chi connectivity index (χ0) is 26.9. The van der Waals surface area contributed by atoms with Crippen molar-refractivity contribution >= 4 is 17.5 Å². The number of rotatable bonds is 6. The number of halogens is 1. The first kappa shape index (κ1) is 25.3. The van der Waals surface area contributed by atoms with Crippen LogP contribution in [0.1, 0.15) is 21.6 Å². The van der Waals surface area contributed by atoms with Crippen LogP contribution < -0.4 is 14.2 Å². The van der Waals surface area contributed by atoms with E-state index in [2.05, 4.69) is 15.5 Å². The van der Waals surface area contributed by atoms with Gasteiger partial charge in [0.05, 0.1) is 24.1 Å². The maximum absolute atomic E-state index is 13.9. The Labute approximate surface area is 233 Å². The highest BCUT2D eigenvalue weighted by Gasteiger charge is 2.27. The van der Waals surface area contributed by atoms with Crippen molar-refractivity contribution in [2.45, 2.75) is 13.5 Å². The molecular formula is C31H30ClN3O4. The number of carbonyl (C=O) groups excluding carboxylic acids is 1. The SMILES string of the molecule is COc1ccccc1-n1c(-c2ccc(Cl)cc2)cc(C(=O)N2CCN(Cc3ccc4c(c3)OCO4)CC2)c1C. The Balaban J connectivity index is 1.24. The largest absolute Gasteiger partial charge is 0.495 e. The van der Waals surface area contributed by atoms with Crippen LogP contribution in [0.2, 0.25) is 5.02 Å². The van der Waals surface area contributed by atoms with E-state index < -0.39 is 0 Å². The Hall–Kier alpha value is -3.94. The highest BCUT2D eigenvalue weighted by atomic mass is 35.5. The zero-order valence-corrected chi connectivity index (χ0v) is 22.8. The summed E-state index contributed by atoms with van der Waals surface area (Å²) in [6, 6.07) is 23.6. The van der Waals surface area contributed by atoms with E-state index in [9.17, 15) is 4.79 Å². The molecule has 3 heterocycles. The Bertz CT molecular complexity index is 1510. The summed E-state index contributed by atoms with van der Waals surface area (Å²) in [6.45, 7) is 6.01. The predicted octanol–water partition coefficient (Wildman–Crippen LogP) is 5.80. The minimum atomic E-state index is 0.0408. The second-order valence-corrected chi connectivity index (χ2v) is 10.2. The van der Waals surface area contributed by atoms with Gasteiger partial charge >= 0.3 is 0 Å². The fourth-order valence-corrected chi connectivity index (χ4v) is 5.48. The number of hydrogen-bond donors (Lipinski definition) is 0. The minimum absolute atomic E-state index is 0.0408. The topological polar surface area (TPSA) is 56.2 Å². The van der Waals surface area contributed by atoms with E-state index >= 15 is 0 Å². The lowest BCUT2D eigenvalue weighted by molar-refractivity contribution is 0.0628. The van der Waals surface area contributed by atoms with E-state index in [-0.39, 0.29) is 12.7 Å². The molecule has 7 nitrogen and oxygen atoms in total. The first-order chi connectivity index (χ1) is 19.0. The van der Waals surface area contributed by atoms with Gasteiger partial charge in [-0.3, -0.25) is 9.69 Å². The molecule has 0 radical (unpaired) electrons. The van der Waals surface area contributed by atoms with Gasteiger partial charge in [-0.1, -0.05) is 41.9 Å². The molecule has 2 aliphatic heterocycles. The Morgan fingerprint density at radius 1 is 0.923 bits per heavy atom. The van der Waals surface area contributed by atoms with Crippen molar-refractivity contribution in [3.63, 3.8) is 0 Å². The Kier molecular flexibility index (Phi) is 6.94. The summed E-state index contributed by atoms with van der Waals surface area (Å²) in [5, 5.41) is 0.667. The molecule has 1 fully saturated rings. The number of amides is 1. The molecule has 0 bridgehead atoms. The summed E-state index contributed by atoms with van der Waals surface area (Å²) in [5.41, 5.74) is 5.51. The van der Waals surface area contributed by atoms with Crippen molar-refractivity contribution in [3.8, 4) is 34.2 Å². The second kappa shape index (κ2) is 10.7. The fourth-order valence-electron chi connectivity index (χ4n) is 5.36. The van der Waals surface area contributed by atoms with Crippen LogP contribution in [-0.4, -0.2) is 60.4 Å². The molecule has 6 rings (SSSR count). The van der Waals surface area contributed by atoms with Crippen molar-refractivity contribution < 1.29 is 19.0 Å². The van der Waals surface area contributed by atoms with Gasteiger partial charge in [-0.05, 0) is 60.5 Å². The summed E-state index contributed by atoms with van der Waals surface area (Å²) in [6.07, 6.45) is 0. The van der Waals surface area contributed by atoms with Gasteiger partial charge in [0.2, 0.25) is 6.79 Å². The van der Waals surface area contributed by atoms with Crippen molar-refractivity contribution in [1.82, 2.24) is 14.4 Å². The van der Waals surface area contributed by atoms with Gasteiger partial charge in [0.15, 0.2) is 11.5 Å². The summed E-state index contributed by atoms with van der Waals surface area (Å²) in [4.78, 5) is 18.2. The molecule has 0 aliphatic carbocycles. The average molecular weight is 544 g/mol. The molecule has 0 spiro atoms. The number of para-hydroxylation sites is 2. The van der Waals surface area contributed by atoms with E-state index in [0.29, 0.717) is 23.7 Å². The smallest absolute Gasteiger partial charge is 0.255 e. The molecule has 200 valence electrons. The van der Waals surface area contributed by atoms with Crippen molar-refractivity contribution in [2.75, 3.05) is 40.1 Å². The molecule has 3 aromatic carbocycles. The average Bonchev–Trinajstić information content (AvgIpc) is 3.57. The predicted molar refractivity (Wildman–Crippen MR) is 151 cm³/mol. The molecule has 1 saturated heterocycles. The van der Waals surface area contributed by atoms with Crippen LogP contribution in [0.15, 0.2) is 72.8 Å². The highest BCUT2D eigenvalue weighted by Crippen LogP contribution is 2.35. The van der Waals surface area contributed by atoms with E-state index in [1.165, 1.54) is 5.56 Å². The van der Waals surface area contributed by atoms with Crippen molar-refractivity contribution in [1.29, 1.82) is 0 Å². The minimum Gasteiger partial charge on any atom is -0.495 e. The fraction of sp³-hybridized carbons (Fsp3) is 0.258. The number of aromatic nitrogens is 1. The summed E-state index contributed by atoms with van der Waals surface area (Å²) >= 11 is 6.18. The van der Waals surface area contributed by atoms with Crippen LogP contribution in [0, 0.1) is 6.92 Å². The lowest BCUT2D eigenvalue weighted by Crippen LogP contribution is -2.48. The molecule has 8 heteroatoms. The van der Waals surface area contributed by atoms with Gasteiger partial charge in [0, 0.05) is 43.4 Å². The molecule has 0 N–H and O–H groups in total. The lowest BCUT2D eigenvalue weighted by Gasteiger charge is -2.34. The molecule has 0 saturated carbocycles. The van der Waals surface area contributed by atoms with Gasteiger partial charge in [-0.15, -0.1) is 0 Å². The normalized spacial score (nSPS) is 15.0. The molecule has 0 unspecified atom stereocenters. The van der Waals surface area contributed by atoms with Crippen LogP contribution >= 0.6 is 11.6 Å². The number of methoxy groups -OCH3 is 1. The molecule has 2 aliphatic rings. The van der Waals surface area contributed by atoms with Gasteiger partial charge < -0.3 is 23.7 Å². The Morgan fingerprint density at radius 2 is 1.67 bits per heavy atom. The quantitative estimate of drug-likeness (QED) is 0.307. The number of carbonyl (C=O) groups is 1. The third-order valence-corrected chi connectivity index (χ3v) is 7.70. The number of nitrogens with zero attached hydrogens (tertiary/aromatic N) is 3. The second-order valence-electron chi connectivity index (χ2n) is 9.80. The van der Waals surface area contributed by atoms with Gasteiger partial charge in [0.1, 0.15) is 5.75 Å². The maximum atomic E-state index is 13.9. The third-order valence-electron chi connectivity index (χ3n) is 7.45. The molecule has 0 atom stereocenters. The van der Waals surface area contributed by atoms with Gasteiger partial charge in [-0.25, -0.2) is 0 Å². The van der Waals surface area contributed by atoms with E-state index in [4.69, 9.17) is 25.8 Å². The van der Waals surface area contributed by atoms with Gasteiger partial charge in [0.25, 0.3) is 5.91 Å². The van der Waals surface area contributed by atoms with Crippen molar-refractivity contribution in [3.05, 3.63) is 94.6 Å². The summed E-state index contributed by atoms with van der Waals surface area (Å²) < 4.78 is 18.7. The summed E-state index contributed by atoms with van der Waals surface area (Å²) in [7, 11) is 1.66. The Morgan fingerprint density at radius 3 is 2.44 bits per heavy atom. The molecule has 1 amide bonds. The number of hydrogen-bond acceptors (Lipinski definition) is 5. The molecule has 39 heavy (non-hydrogen) atoms. The van der Waals surface area contributed by atoms with Gasteiger partial charge in [-0.2, -0.15) is 0 Å². The number of ether oxygens (including phenoxy) is 3. The monoisotopic (exact) mass is 543 g/mol. The first-order valence-corrected chi connectivity index (χ1v) is 13.4. The van der Waals surface area contributed by atoms with Crippen LogP contribution in [0.3, 0.4) is 0 Å².